The van der Waals surface area contributed by atoms with E-state index in [1.165, 1.54) is 0 Å². The first-order chi connectivity index (χ1) is 12.1. The van der Waals surface area contributed by atoms with Crippen molar-refractivity contribution in [2.75, 3.05) is 19.8 Å². The molecule has 0 rings (SSSR count). The summed E-state index contributed by atoms with van der Waals surface area (Å²) in [6, 6.07) is 0.689. The van der Waals surface area contributed by atoms with Crippen LogP contribution in [-0.2, 0) is 18.0 Å². The average Bonchev–Trinajstić information content (AvgIpc) is 2.61. The largest absolute Gasteiger partial charge is 0.503 e. The summed E-state index contributed by atoms with van der Waals surface area (Å²) in [7, 11) is -2.75. The second kappa shape index (κ2) is 16.2. The van der Waals surface area contributed by atoms with Gasteiger partial charge in [0.15, 0.2) is 0 Å². The monoisotopic (exact) mass is 377 g/mol. The maximum absolute atomic E-state index is 6.28. The molecule has 0 saturated heterocycles. The van der Waals surface area contributed by atoms with E-state index in [0.29, 0.717) is 25.9 Å². The highest BCUT2D eigenvalue weighted by molar-refractivity contribution is 6.60. The molecule has 5 nitrogen and oxygen atoms in total. The Hall–Kier alpha value is 0.0169. The number of unbranched alkanes of at least 4 members (excludes halogenated alkanes) is 3. The van der Waals surface area contributed by atoms with Crippen molar-refractivity contribution in [3.8, 4) is 0 Å². The molecule has 0 amide bonds. The third-order valence-corrected chi connectivity index (χ3v) is 7.05. The van der Waals surface area contributed by atoms with Gasteiger partial charge in [-0.25, -0.2) is 0 Å². The fraction of sp³-hybridized carbons (Fsp3) is 1.00. The zero-order valence-electron chi connectivity index (χ0n) is 17.4. The first-order valence-electron chi connectivity index (χ1n) is 10.4. The predicted octanol–water partition coefficient (Wildman–Crippen LogP) is 4.87. The molecule has 152 valence electrons. The molecule has 0 radical (unpaired) electrons. The van der Waals surface area contributed by atoms with Crippen LogP contribution in [0, 0.1) is 0 Å². The van der Waals surface area contributed by atoms with Gasteiger partial charge in [0.05, 0.1) is 6.10 Å². The molecule has 0 heterocycles. The maximum Gasteiger partial charge on any atom is 0.503 e. The normalized spacial score (nSPS) is 14.6. The summed E-state index contributed by atoms with van der Waals surface area (Å²) in [6.07, 6.45) is 7.83. The Bertz CT molecular complexity index is 268. The highest BCUT2D eigenvalue weighted by Crippen LogP contribution is 2.24. The van der Waals surface area contributed by atoms with E-state index < -0.39 is 8.80 Å². The Labute approximate surface area is 157 Å². The van der Waals surface area contributed by atoms with E-state index in [9.17, 15) is 0 Å². The van der Waals surface area contributed by atoms with E-state index >= 15 is 0 Å². The van der Waals surface area contributed by atoms with Gasteiger partial charge in [-0.3, -0.25) is 0 Å². The molecule has 0 aromatic rings. The lowest BCUT2D eigenvalue weighted by Crippen LogP contribution is -2.50. The third kappa shape index (κ3) is 12.1. The van der Waals surface area contributed by atoms with Gasteiger partial charge in [-0.1, -0.05) is 53.9 Å². The molecule has 0 aliphatic carbocycles. The summed E-state index contributed by atoms with van der Waals surface area (Å²) in [5.41, 5.74) is 6.00. The Morgan fingerprint density at radius 2 is 1.16 bits per heavy atom. The van der Waals surface area contributed by atoms with E-state index in [0.717, 1.165) is 51.4 Å². The molecule has 0 fully saturated rings. The van der Waals surface area contributed by atoms with Gasteiger partial charge in [-0.15, -0.1) is 0 Å². The van der Waals surface area contributed by atoms with Crippen molar-refractivity contribution >= 4 is 8.80 Å². The topological polar surface area (TPSA) is 62.9 Å². The SMILES string of the molecule is CCCCO[Si](CC(CC)OC(N)CC)(OCCCC)OCCCC. The molecule has 2 N–H and O–H groups in total. The second-order valence-corrected chi connectivity index (χ2v) is 9.25. The van der Waals surface area contributed by atoms with Crippen LogP contribution >= 0.6 is 0 Å². The summed E-state index contributed by atoms with van der Waals surface area (Å²) in [5, 5.41) is 0. The van der Waals surface area contributed by atoms with Gasteiger partial charge in [0.2, 0.25) is 0 Å². The molecule has 6 heteroatoms. The molecule has 0 aliphatic heterocycles. The first kappa shape index (κ1) is 25.0. The first-order valence-corrected chi connectivity index (χ1v) is 12.3. The van der Waals surface area contributed by atoms with Crippen molar-refractivity contribution < 1.29 is 18.0 Å². The fourth-order valence-corrected chi connectivity index (χ4v) is 5.24. The molecule has 0 aliphatic rings. The van der Waals surface area contributed by atoms with Gasteiger partial charge in [0.25, 0.3) is 0 Å². The smallest absolute Gasteiger partial charge is 0.373 e. The van der Waals surface area contributed by atoms with Gasteiger partial charge in [-0.05, 0) is 32.1 Å². The number of hydrogen-bond acceptors (Lipinski definition) is 5. The molecule has 2 atom stereocenters. The predicted molar refractivity (Wildman–Crippen MR) is 107 cm³/mol. The summed E-state index contributed by atoms with van der Waals surface area (Å²) in [5.74, 6) is 0. The summed E-state index contributed by atoms with van der Waals surface area (Å²) in [6.45, 7) is 12.7. The molecule has 0 spiro atoms. The van der Waals surface area contributed by atoms with Crippen LogP contribution in [0.5, 0.6) is 0 Å². The zero-order chi connectivity index (χ0) is 19.0. The maximum atomic E-state index is 6.28. The van der Waals surface area contributed by atoms with Crippen molar-refractivity contribution in [3.63, 3.8) is 0 Å². The number of hydrogen-bond donors (Lipinski definition) is 1. The number of rotatable bonds is 18. The van der Waals surface area contributed by atoms with Crippen molar-refractivity contribution in [1.29, 1.82) is 0 Å². The Morgan fingerprint density at radius 3 is 1.48 bits per heavy atom. The lowest BCUT2D eigenvalue weighted by molar-refractivity contribution is -0.0206. The van der Waals surface area contributed by atoms with E-state index in [1.807, 2.05) is 6.92 Å². The van der Waals surface area contributed by atoms with Crippen LogP contribution in [0.2, 0.25) is 6.04 Å². The van der Waals surface area contributed by atoms with Crippen LogP contribution in [0.4, 0.5) is 0 Å². The summed E-state index contributed by atoms with van der Waals surface area (Å²) < 4.78 is 24.8. The molecule has 0 aromatic carbocycles. The van der Waals surface area contributed by atoms with Crippen LogP contribution in [-0.4, -0.2) is 41.0 Å². The minimum Gasteiger partial charge on any atom is -0.373 e. The van der Waals surface area contributed by atoms with Gasteiger partial charge >= 0.3 is 8.80 Å². The van der Waals surface area contributed by atoms with Gasteiger partial charge in [-0.2, -0.15) is 0 Å². The van der Waals surface area contributed by atoms with Crippen LogP contribution in [0.1, 0.15) is 86.0 Å². The zero-order valence-corrected chi connectivity index (χ0v) is 18.4. The standard InChI is InChI=1S/C19H43NO4Si/c1-6-11-14-21-25(22-15-12-7-2,23-16-13-8-3)17-18(9-4)24-19(20)10-5/h18-19H,6-17,20H2,1-5H3. The van der Waals surface area contributed by atoms with E-state index in [1.54, 1.807) is 0 Å². The lowest BCUT2D eigenvalue weighted by atomic mass is 10.3. The second-order valence-electron chi connectivity index (χ2n) is 6.61. The van der Waals surface area contributed by atoms with E-state index in [-0.39, 0.29) is 12.3 Å². The highest BCUT2D eigenvalue weighted by Gasteiger charge is 2.43. The molecule has 0 aromatic heterocycles. The molecule has 25 heavy (non-hydrogen) atoms. The van der Waals surface area contributed by atoms with Crippen molar-refractivity contribution in [2.24, 2.45) is 5.73 Å². The minimum absolute atomic E-state index is 0.0199. The lowest BCUT2D eigenvalue weighted by Gasteiger charge is -2.33. The van der Waals surface area contributed by atoms with Crippen LogP contribution in [0.15, 0.2) is 0 Å². The number of ether oxygens (including phenoxy) is 1. The van der Waals surface area contributed by atoms with Gasteiger partial charge < -0.3 is 23.7 Å². The van der Waals surface area contributed by atoms with E-state index in [2.05, 4.69) is 27.7 Å². The highest BCUT2D eigenvalue weighted by atomic mass is 28.4. The molecule has 0 bridgehead atoms. The minimum atomic E-state index is -2.75. The van der Waals surface area contributed by atoms with Crippen molar-refractivity contribution in [1.82, 2.24) is 0 Å². The Balaban J connectivity index is 5.06. The van der Waals surface area contributed by atoms with Gasteiger partial charge in [0.1, 0.15) is 6.23 Å². The van der Waals surface area contributed by atoms with Crippen LogP contribution < -0.4 is 5.73 Å². The molecular formula is C19H43NO4Si. The fourth-order valence-electron chi connectivity index (χ4n) is 2.33. The van der Waals surface area contributed by atoms with Crippen LogP contribution in [0.25, 0.3) is 0 Å². The summed E-state index contributed by atoms with van der Waals surface area (Å²) >= 11 is 0. The summed E-state index contributed by atoms with van der Waals surface area (Å²) in [4.78, 5) is 0. The molecular weight excluding hydrogens is 334 g/mol. The number of nitrogens with two attached hydrogens (primary N) is 1. The Morgan fingerprint density at radius 1 is 0.720 bits per heavy atom. The van der Waals surface area contributed by atoms with Gasteiger partial charge in [0, 0.05) is 25.9 Å². The molecule has 2 unspecified atom stereocenters. The molecule has 0 saturated carbocycles. The Kier molecular flexibility index (Phi) is 16.2. The average molecular weight is 378 g/mol. The van der Waals surface area contributed by atoms with Crippen LogP contribution in [0.3, 0.4) is 0 Å². The van der Waals surface area contributed by atoms with E-state index in [4.69, 9.17) is 23.7 Å². The van der Waals surface area contributed by atoms with Crippen molar-refractivity contribution in [3.05, 3.63) is 0 Å². The van der Waals surface area contributed by atoms with Crippen molar-refractivity contribution in [2.45, 2.75) is 104 Å². The third-order valence-electron chi connectivity index (χ3n) is 4.16. The quantitative estimate of drug-likeness (QED) is 0.210.